The van der Waals surface area contributed by atoms with Crippen LogP contribution in [0.25, 0.3) is 0 Å². The van der Waals surface area contributed by atoms with Crippen molar-refractivity contribution in [3.8, 4) is 0 Å². The van der Waals surface area contributed by atoms with Crippen LogP contribution in [0.1, 0.15) is 49.9 Å². The molecular weight excluding hydrogens is 278 g/mol. The lowest BCUT2D eigenvalue weighted by atomic mass is 9.88. The lowest BCUT2D eigenvalue weighted by Crippen LogP contribution is -2.54. The second-order valence-corrected chi connectivity index (χ2v) is 7.18. The van der Waals surface area contributed by atoms with Crippen LogP contribution in [-0.2, 0) is 24.2 Å². The zero-order valence-corrected chi connectivity index (χ0v) is 13.3. The molecule has 22 heavy (non-hydrogen) atoms. The molecule has 0 amide bonds. The van der Waals surface area contributed by atoms with Crippen LogP contribution in [-0.4, -0.2) is 39.7 Å². The van der Waals surface area contributed by atoms with Gasteiger partial charge >= 0.3 is 0 Å². The Morgan fingerprint density at radius 1 is 1.41 bits per heavy atom. The van der Waals surface area contributed by atoms with Crippen molar-refractivity contribution in [3.05, 3.63) is 17.5 Å². The largest absolute Gasteiger partial charge is 0.393 e. The first kappa shape index (κ1) is 14.7. The van der Waals surface area contributed by atoms with Gasteiger partial charge in [-0.15, -0.1) is 0 Å². The number of aromatic nitrogens is 2. The number of hydrogen-bond acceptors (Lipinski definition) is 4. The summed E-state index contributed by atoms with van der Waals surface area (Å²) in [7, 11) is 0. The minimum Gasteiger partial charge on any atom is -0.393 e. The van der Waals surface area contributed by atoms with Crippen LogP contribution in [0.15, 0.2) is 6.07 Å². The molecule has 1 aromatic rings. The SMILES string of the molecule is OCC1(C(NCc2cc3n(n2)CCCC3)C2CC2)CCCO1. The van der Waals surface area contributed by atoms with E-state index in [0.29, 0.717) is 5.92 Å². The molecule has 122 valence electrons. The zero-order chi connectivity index (χ0) is 15.0. The highest BCUT2D eigenvalue weighted by molar-refractivity contribution is 5.13. The van der Waals surface area contributed by atoms with Crippen molar-refractivity contribution in [1.29, 1.82) is 0 Å². The van der Waals surface area contributed by atoms with Crippen molar-refractivity contribution in [3.63, 3.8) is 0 Å². The number of aryl methyl sites for hydroxylation is 2. The molecule has 1 aromatic heterocycles. The zero-order valence-electron chi connectivity index (χ0n) is 13.3. The van der Waals surface area contributed by atoms with E-state index in [-0.39, 0.29) is 18.2 Å². The number of aliphatic hydroxyl groups excluding tert-OH is 1. The molecule has 3 aliphatic rings. The molecule has 2 fully saturated rings. The molecule has 1 aliphatic carbocycles. The molecule has 1 saturated heterocycles. The molecule has 3 heterocycles. The van der Waals surface area contributed by atoms with Crippen molar-refractivity contribution in [2.75, 3.05) is 13.2 Å². The molecule has 2 unspecified atom stereocenters. The maximum absolute atomic E-state index is 9.91. The van der Waals surface area contributed by atoms with E-state index < -0.39 is 0 Å². The van der Waals surface area contributed by atoms with Crippen LogP contribution in [0.3, 0.4) is 0 Å². The van der Waals surface area contributed by atoms with Crippen LogP contribution in [0.4, 0.5) is 0 Å². The third-order valence-corrected chi connectivity index (χ3v) is 5.53. The Morgan fingerprint density at radius 3 is 3.00 bits per heavy atom. The number of ether oxygens (including phenoxy) is 1. The summed E-state index contributed by atoms with van der Waals surface area (Å²) in [6, 6.07) is 2.51. The number of nitrogens with zero attached hydrogens (tertiary/aromatic N) is 2. The molecule has 0 aromatic carbocycles. The van der Waals surface area contributed by atoms with Gasteiger partial charge in [-0.2, -0.15) is 5.10 Å². The topological polar surface area (TPSA) is 59.3 Å². The van der Waals surface area contributed by atoms with Crippen LogP contribution >= 0.6 is 0 Å². The van der Waals surface area contributed by atoms with Gasteiger partial charge in [0.05, 0.1) is 12.3 Å². The number of nitrogens with one attached hydrogen (secondary N) is 1. The van der Waals surface area contributed by atoms with Gasteiger partial charge in [0.2, 0.25) is 0 Å². The fraction of sp³-hybridized carbons (Fsp3) is 0.824. The van der Waals surface area contributed by atoms with Crippen LogP contribution in [0.2, 0.25) is 0 Å². The molecule has 2 N–H and O–H groups in total. The Bertz CT molecular complexity index is 494. The molecule has 0 bridgehead atoms. The lowest BCUT2D eigenvalue weighted by Gasteiger charge is -2.36. The lowest BCUT2D eigenvalue weighted by molar-refractivity contribution is -0.0698. The monoisotopic (exact) mass is 305 g/mol. The average Bonchev–Trinajstić information content (AvgIpc) is 3.11. The quantitative estimate of drug-likeness (QED) is 0.839. The first-order valence-electron chi connectivity index (χ1n) is 8.84. The fourth-order valence-electron chi connectivity index (χ4n) is 4.18. The van der Waals surface area contributed by atoms with Crippen molar-refractivity contribution >= 4 is 0 Å². The maximum atomic E-state index is 9.91. The van der Waals surface area contributed by atoms with Crippen LogP contribution in [0.5, 0.6) is 0 Å². The molecule has 5 nitrogen and oxygen atoms in total. The summed E-state index contributed by atoms with van der Waals surface area (Å²) in [4.78, 5) is 0. The van der Waals surface area contributed by atoms with E-state index in [0.717, 1.165) is 44.7 Å². The molecule has 4 rings (SSSR count). The number of rotatable bonds is 6. The second-order valence-electron chi connectivity index (χ2n) is 7.18. The minimum atomic E-state index is -0.361. The summed E-state index contributed by atoms with van der Waals surface area (Å²) in [5.74, 6) is 0.655. The van der Waals surface area contributed by atoms with Gasteiger partial charge in [0.25, 0.3) is 0 Å². The summed E-state index contributed by atoms with van der Waals surface area (Å²) in [6.07, 6.45) is 8.22. The van der Waals surface area contributed by atoms with E-state index in [1.807, 2.05) is 0 Å². The van der Waals surface area contributed by atoms with Crippen molar-refractivity contribution in [1.82, 2.24) is 15.1 Å². The van der Waals surface area contributed by atoms with Crippen molar-refractivity contribution in [2.45, 2.75) is 69.7 Å². The molecule has 0 radical (unpaired) electrons. The Hall–Kier alpha value is -0.910. The highest BCUT2D eigenvalue weighted by Crippen LogP contribution is 2.42. The van der Waals surface area contributed by atoms with Gasteiger partial charge in [-0.25, -0.2) is 0 Å². The number of hydrogen-bond donors (Lipinski definition) is 2. The predicted molar refractivity (Wildman–Crippen MR) is 83.5 cm³/mol. The summed E-state index contributed by atoms with van der Waals surface area (Å²) in [5.41, 5.74) is 2.15. The highest BCUT2D eigenvalue weighted by Gasteiger charge is 2.49. The molecule has 5 heteroatoms. The Labute approximate surface area is 132 Å². The summed E-state index contributed by atoms with van der Waals surface area (Å²) in [6.45, 7) is 2.75. The van der Waals surface area contributed by atoms with E-state index in [4.69, 9.17) is 9.84 Å². The van der Waals surface area contributed by atoms with E-state index in [1.165, 1.54) is 31.4 Å². The summed E-state index contributed by atoms with van der Waals surface area (Å²) >= 11 is 0. The third kappa shape index (κ3) is 2.70. The molecule has 2 atom stereocenters. The molecular formula is C17H27N3O2. The van der Waals surface area contributed by atoms with Gasteiger partial charge in [-0.05, 0) is 56.9 Å². The van der Waals surface area contributed by atoms with Crippen molar-refractivity contribution < 1.29 is 9.84 Å². The molecule has 1 saturated carbocycles. The Morgan fingerprint density at radius 2 is 2.32 bits per heavy atom. The number of aliphatic hydroxyl groups is 1. The average molecular weight is 305 g/mol. The van der Waals surface area contributed by atoms with Crippen LogP contribution < -0.4 is 5.32 Å². The minimum absolute atomic E-state index is 0.126. The summed E-state index contributed by atoms with van der Waals surface area (Å²) in [5, 5.41) is 18.3. The Balaban J connectivity index is 1.45. The van der Waals surface area contributed by atoms with Gasteiger partial charge in [0.15, 0.2) is 0 Å². The van der Waals surface area contributed by atoms with Gasteiger partial charge in [0.1, 0.15) is 5.60 Å². The van der Waals surface area contributed by atoms with E-state index >= 15 is 0 Å². The molecule has 2 aliphatic heterocycles. The standard InChI is InChI=1S/C17H27N3O2/c21-12-17(7-3-9-22-17)16(13-5-6-13)18-11-14-10-15-4-1-2-8-20(15)19-14/h10,13,16,18,21H,1-9,11-12H2. The van der Waals surface area contributed by atoms with Gasteiger partial charge in [0, 0.05) is 31.4 Å². The van der Waals surface area contributed by atoms with E-state index in [9.17, 15) is 5.11 Å². The maximum Gasteiger partial charge on any atom is 0.107 e. The van der Waals surface area contributed by atoms with Gasteiger partial charge in [-0.3, -0.25) is 4.68 Å². The third-order valence-electron chi connectivity index (χ3n) is 5.53. The summed E-state index contributed by atoms with van der Waals surface area (Å²) < 4.78 is 8.15. The van der Waals surface area contributed by atoms with Crippen LogP contribution in [0, 0.1) is 5.92 Å². The van der Waals surface area contributed by atoms with E-state index in [2.05, 4.69) is 16.1 Å². The highest BCUT2D eigenvalue weighted by atomic mass is 16.5. The number of fused-ring (bicyclic) bond motifs is 1. The first-order valence-corrected chi connectivity index (χ1v) is 8.84. The van der Waals surface area contributed by atoms with Crippen molar-refractivity contribution in [2.24, 2.45) is 5.92 Å². The smallest absolute Gasteiger partial charge is 0.107 e. The van der Waals surface area contributed by atoms with E-state index in [1.54, 1.807) is 0 Å². The normalized spacial score (nSPS) is 29.5. The Kier molecular flexibility index (Phi) is 3.96. The molecule has 0 spiro atoms. The first-order chi connectivity index (χ1) is 10.8. The van der Waals surface area contributed by atoms with Gasteiger partial charge < -0.3 is 15.2 Å². The van der Waals surface area contributed by atoms with Gasteiger partial charge in [-0.1, -0.05) is 0 Å². The second kappa shape index (κ2) is 5.95. The fourth-order valence-corrected chi connectivity index (χ4v) is 4.18. The predicted octanol–water partition coefficient (Wildman–Crippen LogP) is 1.63.